The van der Waals surface area contributed by atoms with Gasteiger partial charge in [-0.15, -0.1) is 0 Å². The van der Waals surface area contributed by atoms with Crippen LogP contribution in [0.4, 0.5) is 13.2 Å². The number of nitriles is 1. The van der Waals surface area contributed by atoms with E-state index < -0.39 is 23.2 Å². The van der Waals surface area contributed by atoms with E-state index in [1.165, 1.54) is 19.3 Å². The number of aromatic nitrogens is 2. The Bertz CT molecular complexity index is 1070. The zero-order valence-electron chi connectivity index (χ0n) is 15.2. The van der Waals surface area contributed by atoms with Crippen LogP contribution in [0, 0.1) is 16.7 Å². The third kappa shape index (κ3) is 5.14. The summed E-state index contributed by atoms with van der Waals surface area (Å²) in [4.78, 5) is 16.0. The van der Waals surface area contributed by atoms with Crippen molar-refractivity contribution in [1.29, 1.82) is 10.7 Å². The molecule has 1 aromatic heterocycles. The van der Waals surface area contributed by atoms with E-state index in [4.69, 9.17) is 31.7 Å². The molecule has 0 atom stereocenters. The highest BCUT2D eigenvalue weighted by atomic mass is 35.5. The van der Waals surface area contributed by atoms with Crippen LogP contribution in [-0.2, 0) is 17.5 Å². The topological polar surface area (TPSA) is 101 Å². The maximum Gasteiger partial charge on any atom is 0.437 e. The fraction of sp³-hybridized carbons (Fsp3) is 0.222. The van der Waals surface area contributed by atoms with Gasteiger partial charge in [0, 0.05) is 10.6 Å². The fourth-order valence-electron chi connectivity index (χ4n) is 2.29. The molecule has 0 unspecified atom stereocenters. The van der Waals surface area contributed by atoms with Crippen LogP contribution in [0.3, 0.4) is 0 Å². The fourth-order valence-corrected chi connectivity index (χ4v) is 2.51. The molecule has 0 saturated heterocycles. The minimum atomic E-state index is -4.97. The summed E-state index contributed by atoms with van der Waals surface area (Å²) in [6.07, 6.45) is -2.78. The van der Waals surface area contributed by atoms with Crippen LogP contribution in [0.2, 0.25) is 5.02 Å². The van der Waals surface area contributed by atoms with Crippen molar-refractivity contribution in [3.05, 3.63) is 62.8 Å². The monoisotopic (exact) mass is 426 g/mol. The molecule has 0 amide bonds. The first kappa shape index (κ1) is 22.0. The van der Waals surface area contributed by atoms with Crippen molar-refractivity contribution >= 4 is 17.5 Å². The van der Waals surface area contributed by atoms with E-state index in [0.717, 1.165) is 16.7 Å². The lowest BCUT2D eigenvalue weighted by Gasteiger charge is -2.15. The number of alkyl halides is 3. The van der Waals surface area contributed by atoms with Gasteiger partial charge in [-0.2, -0.15) is 18.4 Å². The number of hydrogen-bond donors (Lipinski definition) is 1. The van der Waals surface area contributed by atoms with Crippen molar-refractivity contribution in [2.45, 2.75) is 19.6 Å². The normalized spacial score (nSPS) is 11.7. The van der Waals surface area contributed by atoms with Crippen molar-refractivity contribution in [1.82, 2.24) is 9.55 Å². The van der Waals surface area contributed by atoms with Gasteiger partial charge in [0.2, 0.25) is 11.6 Å². The number of methoxy groups -OCH3 is 1. The predicted octanol–water partition coefficient (Wildman–Crippen LogP) is 4.15. The maximum absolute atomic E-state index is 13.4. The average molecular weight is 427 g/mol. The van der Waals surface area contributed by atoms with Gasteiger partial charge in [-0.25, -0.2) is 4.98 Å². The molecule has 0 radical (unpaired) electrons. The van der Waals surface area contributed by atoms with E-state index in [1.54, 1.807) is 13.0 Å². The van der Waals surface area contributed by atoms with E-state index >= 15 is 0 Å². The number of allylic oxidation sites excluding steroid dienone is 1. The van der Waals surface area contributed by atoms with Gasteiger partial charge < -0.3 is 9.47 Å². The van der Waals surface area contributed by atoms with Gasteiger partial charge in [-0.1, -0.05) is 17.7 Å². The minimum absolute atomic E-state index is 0.0371. The van der Waals surface area contributed by atoms with Crippen molar-refractivity contribution < 1.29 is 22.6 Å². The van der Waals surface area contributed by atoms with Gasteiger partial charge in [0.05, 0.1) is 31.6 Å². The Hall–Kier alpha value is -3.32. The van der Waals surface area contributed by atoms with E-state index in [1.807, 2.05) is 0 Å². The van der Waals surface area contributed by atoms with E-state index in [-0.39, 0.29) is 34.4 Å². The Morgan fingerprint density at radius 3 is 2.66 bits per heavy atom. The van der Waals surface area contributed by atoms with Gasteiger partial charge in [0.25, 0.3) is 5.56 Å². The first-order chi connectivity index (χ1) is 13.6. The SMILES string of the molecule is C/C=C(/Cn1cnc(C(F)(F)F)c(Oc2cc(Cl)cc(C#N)c2)c1=O)C(=N)OC. The van der Waals surface area contributed by atoms with Crippen molar-refractivity contribution in [3.8, 4) is 17.6 Å². The van der Waals surface area contributed by atoms with Crippen molar-refractivity contribution in [3.63, 3.8) is 0 Å². The van der Waals surface area contributed by atoms with E-state index in [0.29, 0.717) is 6.33 Å². The second-order valence-electron chi connectivity index (χ2n) is 5.59. The van der Waals surface area contributed by atoms with Gasteiger partial charge in [-0.05, 0) is 25.1 Å². The Morgan fingerprint density at radius 1 is 1.41 bits per heavy atom. The largest absolute Gasteiger partial charge is 0.481 e. The predicted molar refractivity (Wildman–Crippen MR) is 98.2 cm³/mol. The van der Waals surface area contributed by atoms with Crippen LogP contribution in [0.1, 0.15) is 18.2 Å². The molecule has 1 aromatic carbocycles. The highest BCUT2D eigenvalue weighted by molar-refractivity contribution is 6.30. The van der Waals surface area contributed by atoms with Crippen LogP contribution in [0.5, 0.6) is 11.5 Å². The lowest BCUT2D eigenvalue weighted by Crippen LogP contribution is -2.28. The molecule has 7 nitrogen and oxygen atoms in total. The quantitative estimate of drug-likeness (QED) is 0.571. The molecule has 11 heteroatoms. The van der Waals surface area contributed by atoms with Crippen LogP contribution >= 0.6 is 11.6 Å². The molecule has 29 heavy (non-hydrogen) atoms. The number of halogens is 4. The molecule has 2 aromatic rings. The molecule has 0 spiro atoms. The Morgan fingerprint density at radius 2 is 2.10 bits per heavy atom. The van der Waals surface area contributed by atoms with Gasteiger partial charge in [0.1, 0.15) is 5.75 Å². The summed E-state index contributed by atoms with van der Waals surface area (Å²) in [5, 5.41) is 16.7. The minimum Gasteiger partial charge on any atom is -0.481 e. The Labute approximate surface area is 168 Å². The van der Waals surface area contributed by atoms with Crippen molar-refractivity contribution in [2.24, 2.45) is 0 Å². The number of hydrogen-bond acceptors (Lipinski definition) is 6. The summed E-state index contributed by atoms with van der Waals surface area (Å²) in [6.45, 7) is 1.32. The molecule has 0 fully saturated rings. The second kappa shape index (κ2) is 8.79. The third-order valence-corrected chi connectivity index (χ3v) is 3.89. The lowest BCUT2D eigenvalue weighted by atomic mass is 10.2. The van der Waals surface area contributed by atoms with Gasteiger partial charge >= 0.3 is 6.18 Å². The molecule has 0 aliphatic heterocycles. The number of benzene rings is 1. The summed E-state index contributed by atoms with van der Waals surface area (Å²) >= 11 is 5.84. The van der Waals surface area contributed by atoms with Crippen LogP contribution in [0.15, 0.2) is 41.0 Å². The summed E-state index contributed by atoms with van der Waals surface area (Å²) in [7, 11) is 1.25. The highest BCUT2D eigenvalue weighted by Gasteiger charge is 2.38. The highest BCUT2D eigenvalue weighted by Crippen LogP contribution is 2.35. The first-order valence-corrected chi connectivity index (χ1v) is 8.31. The number of nitrogens with one attached hydrogen (secondary N) is 1. The molecule has 0 saturated carbocycles. The van der Waals surface area contributed by atoms with E-state index in [9.17, 15) is 18.0 Å². The van der Waals surface area contributed by atoms with Gasteiger partial charge in [-0.3, -0.25) is 14.8 Å². The lowest BCUT2D eigenvalue weighted by molar-refractivity contribution is -0.142. The molecule has 0 bridgehead atoms. The average Bonchev–Trinajstić information content (AvgIpc) is 2.66. The standard InChI is InChI=1S/C18H14ClF3N4O3/c1-3-11(16(24)28-2)8-26-9-25-15(18(20,21)22)14(17(26)27)29-13-5-10(7-23)4-12(19)6-13/h3-6,9,24H,8H2,1-2H3/b11-3-,24-16?. The number of ether oxygens (including phenoxy) is 2. The first-order valence-electron chi connectivity index (χ1n) is 7.94. The molecule has 0 aliphatic rings. The molecule has 1 N–H and O–H groups in total. The molecular formula is C18H14ClF3N4O3. The Balaban J connectivity index is 2.59. The Kier molecular flexibility index (Phi) is 6.66. The summed E-state index contributed by atoms with van der Waals surface area (Å²) < 4.78 is 50.9. The molecular weight excluding hydrogens is 413 g/mol. The maximum atomic E-state index is 13.4. The summed E-state index contributed by atoms with van der Waals surface area (Å²) in [5.74, 6) is -1.56. The third-order valence-electron chi connectivity index (χ3n) is 3.67. The zero-order chi connectivity index (χ0) is 21.8. The number of nitrogens with zero attached hydrogens (tertiary/aromatic N) is 3. The van der Waals surface area contributed by atoms with Crippen LogP contribution in [0.25, 0.3) is 0 Å². The molecule has 2 rings (SSSR count). The van der Waals surface area contributed by atoms with E-state index in [2.05, 4.69) is 4.98 Å². The molecule has 0 aliphatic carbocycles. The zero-order valence-corrected chi connectivity index (χ0v) is 15.9. The summed E-state index contributed by atoms with van der Waals surface area (Å²) in [6, 6.07) is 5.38. The van der Waals surface area contributed by atoms with Crippen molar-refractivity contribution in [2.75, 3.05) is 7.11 Å². The van der Waals surface area contributed by atoms with Crippen LogP contribution < -0.4 is 10.3 Å². The second-order valence-corrected chi connectivity index (χ2v) is 6.03. The summed E-state index contributed by atoms with van der Waals surface area (Å²) in [5.41, 5.74) is -2.37. The van der Waals surface area contributed by atoms with Crippen LogP contribution in [-0.4, -0.2) is 22.6 Å². The molecule has 152 valence electrons. The molecule has 1 heterocycles. The van der Waals surface area contributed by atoms with Gasteiger partial charge in [0.15, 0.2) is 5.69 Å². The smallest absolute Gasteiger partial charge is 0.437 e. The number of rotatable bonds is 5.